The Labute approximate surface area is 108 Å². The highest BCUT2D eigenvalue weighted by Crippen LogP contribution is 2.21. The molecule has 1 heterocycles. The van der Waals surface area contributed by atoms with Crippen LogP contribution in [0.4, 0.5) is 0 Å². The van der Waals surface area contributed by atoms with Gasteiger partial charge in [0.25, 0.3) is 0 Å². The largest absolute Gasteiger partial charge is 0.271 e. The van der Waals surface area contributed by atoms with Gasteiger partial charge in [-0.2, -0.15) is 0 Å². The molecule has 1 aromatic heterocycles. The Morgan fingerprint density at radius 1 is 1.17 bits per heavy atom. The first-order valence-corrected chi connectivity index (χ1v) is 6.30. The van der Waals surface area contributed by atoms with Gasteiger partial charge in [-0.25, -0.2) is 5.43 Å². The number of hydrogen-bond donors (Lipinski definition) is 2. The van der Waals surface area contributed by atoms with Crippen molar-refractivity contribution < 1.29 is 0 Å². The van der Waals surface area contributed by atoms with Crippen molar-refractivity contribution in [3.05, 3.63) is 65.5 Å². The van der Waals surface area contributed by atoms with Gasteiger partial charge in [0.1, 0.15) is 0 Å². The summed E-state index contributed by atoms with van der Waals surface area (Å²) in [4.78, 5) is 4.03. The molecule has 3 nitrogen and oxygen atoms in total. The van der Waals surface area contributed by atoms with Crippen molar-refractivity contribution in [2.24, 2.45) is 5.84 Å². The van der Waals surface area contributed by atoms with E-state index in [-0.39, 0.29) is 6.04 Å². The van der Waals surface area contributed by atoms with E-state index in [9.17, 15) is 0 Å². The van der Waals surface area contributed by atoms with Gasteiger partial charge < -0.3 is 0 Å². The number of pyridine rings is 1. The Morgan fingerprint density at radius 2 is 1.94 bits per heavy atom. The fraction of sp³-hybridized carbons (Fsp3) is 0.267. The van der Waals surface area contributed by atoms with Crippen LogP contribution >= 0.6 is 0 Å². The van der Waals surface area contributed by atoms with E-state index in [1.54, 1.807) is 12.4 Å². The van der Waals surface area contributed by atoms with Gasteiger partial charge in [0, 0.05) is 12.4 Å². The molecule has 0 aliphatic heterocycles. The van der Waals surface area contributed by atoms with Crippen LogP contribution in [0, 0.1) is 0 Å². The maximum absolute atomic E-state index is 5.69. The van der Waals surface area contributed by atoms with Crippen LogP contribution in [0.3, 0.4) is 0 Å². The van der Waals surface area contributed by atoms with Gasteiger partial charge >= 0.3 is 0 Å². The average Bonchev–Trinajstić information content (AvgIpc) is 2.42. The van der Waals surface area contributed by atoms with E-state index in [1.807, 2.05) is 12.1 Å². The van der Waals surface area contributed by atoms with Crippen LogP contribution in [0.25, 0.3) is 0 Å². The Morgan fingerprint density at radius 3 is 2.61 bits per heavy atom. The number of nitrogens with zero attached hydrogens (tertiary/aromatic N) is 1. The van der Waals surface area contributed by atoms with Crippen molar-refractivity contribution >= 4 is 0 Å². The number of nitrogens with one attached hydrogen (secondary N) is 1. The third-order valence-electron chi connectivity index (χ3n) is 3.03. The van der Waals surface area contributed by atoms with E-state index in [1.165, 1.54) is 11.1 Å². The minimum Gasteiger partial charge on any atom is -0.271 e. The van der Waals surface area contributed by atoms with Gasteiger partial charge in [0.05, 0.1) is 6.04 Å². The zero-order chi connectivity index (χ0) is 12.8. The lowest BCUT2D eigenvalue weighted by atomic mass is 9.97. The van der Waals surface area contributed by atoms with Gasteiger partial charge in [0.2, 0.25) is 0 Å². The van der Waals surface area contributed by atoms with Crippen LogP contribution in [-0.2, 0) is 6.42 Å². The van der Waals surface area contributed by atoms with E-state index in [0.717, 1.165) is 18.4 Å². The molecular weight excluding hydrogens is 222 g/mol. The van der Waals surface area contributed by atoms with E-state index in [2.05, 4.69) is 41.6 Å². The molecule has 3 N–H and O–H groups in total. The highest BCUT2D eigenvalue weighted by atomic mass is 15.2. The van der Waals surface area contributed by atoms with Crippen LogP contribution in [0.5, 0.6) is 0 Å². The van der Waals surface area contributed by atoms with Crippen LogP contribution in [0.15, 0.2) is 48.8 Å². The summed E-state index contributed by atoms with van der Waals surface area (Å²) in [6.45, 7) is 2.19. The van der Waals surface area contributed by atoms with Crippen molar-refractivity contribution in [2.75, 3.05) is 0 Å². The molecule has 2 rings (SSSR count). The van der Waals surface area contributed by atoms with Crippen molar-refractivity contribution in [3.8, 4) is 0 Å². The molecular formula is C15H19N3. The molecule has 0 bridgehead atoms. The second-order valence-corrected chi connectivity index (χ2v) is 4.38. The SMILES string of the molecule is CCCc1cccc(C(NN)c2ccncc2)c1. The Kier molecular flexibility index (Phi) is 4.45. The highest BCUT2D eigenvalue weighted by molar-refractivity contribution is 5.33. The molecule has 1 aromatic carbocycles. The van der Waals surface area contributed by atoms with E-state index < -0.39 is 0 Å². The minimum atomic E-state index is 0.0183. The summed E-state index contributed by atoms with van der Waals surface area (Å²) in [5.41, 5.74) is 6.54. The smallest absolute Gasteiger partial charge is 0.0711 e. The lowest BCUT2D eigenvalue weighted by molar-refractivity contribution is 0.635. The standard InChI is InChI=1S/C15H19N3/c1-2-4-12-5-3-6-14(11-12)15(18-16)13-7-9-17-10-8-13/h3,5-11,15,18H,2,4,16H2,1H3. The quantitative estimate of drug-likeness (QED) is 0.625. The summed E-state index contributed by atoms with van der Waals surface area (Å²) in [6, 6.07) is 12.6. The summed E-state index contributed by atoms with van der Waals surface area (Å²) in [7, 11) is 0. The van der Waals surface area contributed by atoms with E-state index in [4.69, 9.17) is 5.84 Å². The molecule has 0 saturated heterocycles. The van der Waals surface area contributed by atoms with Gasteiger partial charge in [-0.05, 0) is 35.2 Å². The maximum atomic E-state index is 5.69. The summed E-state index contributed by atoms with van der Waals surface area (Å²) >= 11 is 0. The molecule has 1 unspecified atom stereocenters. The molecule has 0 radical (unpaired) electrons. The lowest BCUT2D eigenvalue weighted by Crippen LogP contribution is -2.28. The van der Waals surface area contributed by atoms with Crippen molar-refractivity contribution in [3.63, 3.8) is 0 Å². The van der Waals surface area contributed by atoms with Crippen LogP contribution < -0.4 is 11.3 Å². The molecule has 0 amide bonds. The summed E-state index contributed by atoms with van der Waals surface area (Å²) < 4.78 is 0. The first-order chi connectivity index (χ1) is 8.85. The first kappa shape index (κ1) is 12.7. The number of aryl methyl sites for hydroxylation is 1. The van der Waals surface area contributed by atoms with E-state index >= 15 is 0 Å². The van der Waals surface area contributed by atoms with Crippen molar-refractivity contribution in [1.82, 2.24) is 10.4 Å². The Hall–Kier alpha value is -1.71. The van der Waals surface area contributed by atoms with Gasteiger partial charge in [0.15, 0.2) is 0 Å². The van der Waals surface area contributed by atoms with Crippen LogP contribution in [-0.4, -0.2) is 4.98 Å². The number of rotatable bonds is 5. The molecule has 0 aliphatic rings. The Bertz CT molecular complexity index is 482. The highest BCUT2D eigenvalue weighted by Gasteiger charge is 2.12. The molecule has 0 saturated carbocycles. The van der Waals surface area contributed by atoms with Gasteiger partial charge in [-0.1, -0.05) is 37.6 Å². The molecule has 0 spiro atoms. The minimum absolute atomic E-state index is 0.0183. The van der Waals surface area contributed by atoms with Gasteiger partial charge in [-0.3, -0.25) is 10.8 Å². The molecule has 2 aromatic rings. The van der Waals surface area contributed by atoms with Crippen LogP contribution in [0.2, 0.25) is 0 Å². The zero-order valence-electron chi connectivity index (χ0n) is 10.6. The second kappa shape index (κ2) is 6.28. The zero-order valence-corrected chi connectivity index (χ0v) is 10.6. The number of hydrogen-bond acceptors (Lipinski definition) is 3. The maximum Gasteiger partial charge on any atom is 0.0711 e. The normalized spacial score (nSPS) is 12.3. The molecule has 1 atom stereocenters. The third kappa shape index (κ3) is 2.94. The average molecular weight is 241 g/mol. The third-order valence-corrected chi connectivity index (χ3v) is 3.03. The molecule has 0 aliphatic carbocycles. The van der Waals surface area contributed by atoms with Gasteiger partial charge in [-0.15, -0.1) is 0 Å². The number of benzene rings is 1. The molecule has 0 fully saturated rings. The first-order valence-electron chi connectivity index (χ1n) is 6.30. The van der Waals surface area contributed by atoms with E-state index in [0.29, 0.717) is 0 Å². The predicted molar refractivity (Wildman–Crippen MR) is 73.8 cm³/mol. The van der Waals surface area contributed by atoms with Crippen molar-refractivity contribution in [1.29, 1.82) is 0 Å². The molecule has 94 valence electrons. The second-order valence-electron chi connectivity index (χ2n) is 4.38. The molecule has 3 heteroatoms. The fourth-order valence-electron chi connectivity index (χ4n) is 2.16. The summed E-state index contributed by atoms with van der Waals surface area (Å²) in [5, 5.41) is 0. The Balaban J connectivity index is 2.30. The monoisotopic (exact) mass is 241 g/mol. The fourth-order valence-corrected chi connectivity index (χ4v) is 2.16. The molecule has 18 heavy (non-hydrogen) atoms. The topological polar surface area (TPSA) is 50.9 Å². The number of nitrogens with two attached hydrogens (primary N) is 1. The van der Waals surface area contributed by atoms with Crippen LogP contribution in [0.1, 0.15) is 36.1 Å². The predicted octanol–water partition coefficient (Wildman–Crippen LogP) is 2.59. The summed E-state index contributed by atoms with van der Waals surface area (Å²) in [5.74, 6) is 5.69. The summed E-state index contributed by atoms with van der Waals surface area (Å²) in [6.07, 6.45) is 5.83. The lowest BCUT2D eigenvalue weighted by Gasteiger charge is -2.17. The number of aromatic nitrogens is 1. The number of hydrazine groups is 1. The van der Waals surface area contributed by atoms with Crippen molar-refractivity contribution in [2.45, 2.75) is 25.8 Å².